The summed E-state index contributed by atoms with van der Waals surface area (Å²) < 4.78 is 0. The van der Waals surface area contributed by atoms with E-state index in [-0.39, 0.29) is 19.0 Å². The summed E-state index contributed by atoms with van der Waals surface area (Å²) in [5.74, 6) is -0.987. The standard InChI is InChI=1S/C15H16Cl2N2O3S/c1-9(2)8-19-14(21)13(20)18(15(19)22)5-6-23-12-7-10(16)3-4-11(12)17/h3-4,7,9H,5-6,8H2,1-2H3. The monoisotopic (exact) mass is 374 g/mol. The van der Waals surface area contributed by atoms with E-state index in [9.17, 15) is 14.4 Å². The van der Waals surface area contributed by atoms with Crippen molar-refractivity contribution < 1.29 is 14.4 Å². The average molecular weight is 375 g/mol. The number of hydrogen-bond donors (Lipinski definition) is 0. The smallest absolute Gasteiger partial charge is 0.263 e. The number of hydrogen-bond acceptors (Lipinski definition) is 4. The minimum absolute atomic E-state index is 0.107. The summed E-state index contributed by atoms with van der Waals surface area (Å²) in [5, 5.41) is 1.11. The minimum atomic E-state index is -0.770. The van der Waals surface area contributed by atoms with Gasteiger partial charge in [-0.25, -0.2) is 4.79 Å². The van der Waals surface area contributed by atoms with Crippen LogP contribution in [-0.2, 0) is 9.59 Å². The highest BCUT2D eigenvalue weighted by atomic mass is 35.5. The lowest BCUT2D eigenvalue weighted by atomic mass is 10.2. The molecule has 1 fully saturated rings. The van der Waals surface area contributed by atoms with Gasteiger partial charge in [0.2, 0.25) is 0 Å². The highest BCUT2D eigenvalue weighted by Crippen LogP contribution is 2.30. The first-order valence-electron chi connectivity index (χ1n) is 7.06. The molecule has 1 aromatic rings. The number of halogens is 2. The molecule has 1 saturated heterocycles. The molecule has 1 aromatic carbocycles. The summed E-state index contributed by atoms with van der Waals surface area (Å²) in [5.41, 5.74) is 0. The quantitative estimate of drug-likeness (QED) is 0.434. The second-order valence-corrected chi connectivity index (χ2v) is 7.45. The molecule has 0 spiro atoms. The SMILES string of the molecule is CC(C)CN1C(=O)C(=O)N(CCSc2cc(Cl)ccc2Cl)C1=O. The van der Waals surface area contributed by atoms with E-state index in [1.807, 2.05) is 13.8 Å². The van der Waals surface area contributed by atoms with Crippen LogP contribution in [-0.4, -0.2) is 46.5 Å². The van der Waals surface area contributed by atoms with E-state index in [4.69, 9.17) is 23.2 Å². The molecule has 0 radical (unpaired) electrons. The molecule has 0 unspecified atom stereocenters. The molecule has 0 saturated carbocycles. The number of thioether (sulfide) groups is 1. The van der Waals surface area contributed by atoms with Gasteiger partial charge in [-0.1, -0.05) is 37.0 Å². The van der Waals surface area contributed by atoms with Crippen molar-refractivity contribution in [2.24, 2.45) is 5.92 Å². The average Bonchev–Trinajstić information content (AvgIpc) is 2.68. The minimum Gasteiger partial charge on any atom is -0.263 e. The third-order valence-corrected chi connectivity index (χ3v) is 4.86. The molecular formula is C15H16Cl2N2O3S. The Labute approximate surface area is 148 Å². The van der Waals surface area contributed by atoms with E-state index < -0.39 is 17.8 Å². The van der Waals surface area contributed by atoms with Gasteiger partial charge >= 0.3 is 17.8 Å². The van der Waals surface area contributed by atoms with Crippen molar-refractivity contribution in [3.05, 3.63) is 28.2 Å². The van der Waals surface area contributed by atoms with Crippen LogP contribution in [0.25, 0.3) is 0 Å². The predicted octanol–water partition coefficient (Wildman–Crippen LogP) is 3.53. The Morgan fingerprint density at radius 1 is 1.09 bits per heavy atom. The summed E-state index contributed by atoms with van der Waals surface area (Å²) in [4.78, 5) is 38.7. The van der Waals surface area contributed by atoms with Crippen LogP contribution in [0, 0.1) is 5.92 Å². The molecule has 0 bridgehead atoms. The molecule has 23 heavy (non-hydrogen) atoms. The lowest BCUT2D eigenvalue weighted by molar-refractivity contribution is -0.143. The Morgan fingerprint density at radius 3 is 2.39 bits per heavy atom. The van der Waals surface area contributed by atoms with Crippen LogP contribution < -0.4 is 0 Å². The van der Waals surface area contributed by atoms with Crippen molar-refractivity contribution >= 4 is 52.8 Å². The van der Waals surface area contributed by atoms with E-state index in [0.717, 1.165) is 14.7 Å². The molecule has 0 aliphatic carbocycles. The number of amides is 4. The lowest BCUT2D eigenvalue weighted by Crippen LogP contribution is -2.36. The van der Waals surface area contributed by atoms with Crippen LogP contribution in [0.5, 0.6) is 0 Å². The van der Waals surface area contributed by atoms with E-state index in [2.05, 4.69) is 0 Å². The summed E-state index contributed by atoms with van der Waals surface area (Å²) >= 11 is 13.4. The van der Waals surface area contributed by atoms with Crippen molar-refractivity contribution in [3.63, 3.8) is 0 Å². The van der Waals surface area contributed by atoms with Gasteiger partial charge in [-0.3, -0.25) is 19.4 Å². The fraction of sp³-hybridized carbons (Fsp3) is 0.400. The molecule has 2 rings (SSSR count). The van der Waals surface area contributed by atoms with Crippen molar-refractivity contribution in [3.8, 4) is 0 Å². The van der Waals surface area contributed by atoms with Gasteiger partial charge < -0.3 is 0 Å². The van der Waals surface area contributed by atoms with Crippen LogP contribution in [0.4, 0.5) is 4.79 Å². The fourth-order valence-corrected chi connectivity index (χ4v) is 3.54. The van der Waals surface area contributed by atoms with Gasteiger partial charge in [-0.05, 0) is 24.1 Å². The molecular weight excluding hydrogens is 359 g/mol. The molecule has 4 amide bonds. The van der Waals surface area contributed by atoms with Gasteiger partial charge in [0, 0.05) is 28.8 Å². The van der Waals surface area contributed by atoms with Crippen LogP contribution in [0.15, 0.2) is 23.1 Å². The van der Waals surface area contributed by atoms with E-state index in [1.165, 1.54) is 11.8 Å². The fourth-order valence-electron chi connectivity index (χ4n) is 2.11. The van der Waals surface area contributed by atoms with Crippen LogP contribution in [0.2, 0.25) is 10.0 Å². The van der Waals surface area contributed by atoms with Gasteiger partial charge in [0.25, 0.3) is 0 Å². The number of carbonyl (C=O) groups excluding carboxylic acids is 3. The van der Waals surface area contributed by atoms with E-state index >= 15 is 0 Å². The zero-order valence-electron chi connectivity index (χ0n) is 12.7. The van der Waals surface area contributed by atoms with Crippen molar-refractivity contribution in [2.45, 2.75) is 18.7 Å². The van der Waals surface area contributed by atoms with Crippen LogP contribution in [0.3, 0.4) is 0 Å². The van der Waals surface area contributed by atoms with Gasteiger partial charge in [0.15, 0.2) is 0 Å². The maximum atomic E-state index is 12.2. The molecule has 0 atom stereocenters. The van der Waals surface area contributed by atoms with Crippen molar-refractivity contribution in [2.75, 3.05) is 18.8 Å². The second-order valence-electron chi connectivity index (χ2n) is 5.47. The Balaban J connectivity index is 1.98. The van der Waals surface area contributed by atoms with Crippen LogP contribution in [0.1, 0.15) is 13.8 Å². The molecule has 1 heterocycles. The number of carbonyl (C=O) groups is 3. The topological polar surface area (TPSA) is 57.7 Å². The number of imide groups is 2. The number of benzene rings is 1. The highest BCUT2D eigenvalue weighted by Gasteiger charge is 2.44. The zero-order valence-corrected chi connectivity index (χ0v) is 15.0. The maximum Gasteiger partial charge on any atom is 0.334 e. The Bertz CT molecular complexity index is 652. The number of nitrogens with zero attached hydrogens (tertiary/aromatic N) is 2. The largest absolute Gasteiger partial charge is 0.334 e. The molecule has 5 nitrogen and oxygen atoms in total. The Kier molecular flexibility index (Phi) is 5.95. The molecule has 1 aliphatic rings. The first kappa shape index (κ1) is 18.1. The first-order valence-corrected chi connectivity index (χ1v) is 8.80. The third-order valence-electron chi connectivity index (χ3n) is 3.15. The third kappa shape index (κ3) is 4.19. The maximum absolute atomic E-state index is 12.2. The van der Waals surface area contributed by atoms with Gasteiger partial charge in [-0.2, -0.15) is 0 Å². The number of rotatable bonds is 6. The van der Waals surface area contributed by atoms with Crippen LogP contribution >= 0.6 is 35.0 Å². The number of urea groups is 1. The normalized spacial score (nSPS) is 15.3. The summed E-state index contributed by atoms with van der Waals surface area (Å²) in [6.45, 7) is 4.15. The summed E-state index contributed by atoms with van der Waals surface area (Å²) in [6.07, 6.45) is 0. The van der Waals surface area contributed by atoms with Gasteiger partial charge in [0.1, 0.15) is 0 Å². The Hall–Kier alpha value is -1.24. The summed E-state index contributed by atoms with van der Waals surface area (Å²) in [7, 11) is 0. The molecule has 8 heteroatoms. The van der Waals surface area contributed by atoms with E-state index in [1.54, 1.807) is 18.2 Å². The first-order chi connectivity index (χ1) is 10.8. The van der Waals surface area contributed by atoms with Gasteiger partial charge in [0.05, 0.1) is 5.02 Å². The predicted molar refractivity (Wildman–Crippen MR) is 90.8 cm³/mol. The Morgan fingerprint density at radius 2 is 1.74 bits per heavy atom. The second kappa shape index (κ2) is 7.55. The van der Waals surface area contributed by atoms with Crippen molar-refractivity contribution in [1.29, 1.82) is 0 Å². The summed E-state index contributed by atoms with van der Waals surface area (Å²) in [6, 6.07) is 4.54. The highest BCUT2D eigenvalue weighted by molar-refractivity contribution is 7.99. The molecule has 1 aliphatic heterocycles. The molecule has 0 N–H and O–H groups in total. The van der Waals surface area contributed by atoms with Crippen molar-refractivity contribution in [1.82, 2.24) is 9.80 Å². The van der Waals surface area contributed by atoms with Gasteiger partial charge in [-0.15, -0.1) is 11.8 Å². The zero-order chi connectivity index (χ0) is 17.1. The molecule has 124 valence electrons. The lowest BCUT2D eigenvalue weighted by Gasteiger charge is -2.17. The molecule has 0 aromatic heterocycles. The van der Waals surface area contributed by atoms with E-state index in [0.29, 0.717) is 15.8 Å².